The van der Waals surface area contributed by atoms with E-state index in [1.54, 1.807) is 6.20 Å². The van der Waals surface area contributed by atoms with Gasteiger partial charge in [-0.15, -0.1) is 0 Å². The van der Waals surface area contributed by atoms with Crippen molar-refractivity contribution >= 4 is 11.6 Å². The van der Waals surface area contributed by atoms with Gasteiger partial charge in [0.15, 0.2) is 0 Å². The third kappa shape index (κ3) is 2.52. The number of nitrogens with zero attached hydrogens (tertiary/aromatic N) is 2. The lowest BCUT2D eigenvalue weighted by molar-refractivity contribution is 0.507. The van der Waals surface area contributed by atoms with Crippen LogP contribution in [0.1, 0.15) is 44.3 Å². The highest BCUT2D eigenvalue weighted by Gasteiger charge is 2.27. The number of aromatic nitrogens is 2. The third-order valence-electron chi connectivity index (χ3n) is 2.90. The largest absolute Gasteiger partial charge is 0.323 e. The number of rotatable bonds is 5. The first-order valence-electron chi connectivity index (χ1n) is 5.69. The Hall–Kier alpha value is -0.540. The van der Waals surface area contributed by atoms with E-state index in [1.807, 2.05) is 4.68 Å². The van der Waals surface area contributed by atoms with Crippen LogP contribution < -0.4 is 5.73 Å². The Labute approximate surface area is 95.6 Å². The van der Waals surface area contributed by atoms with Crippen molar-refractivity contribution in [2.45, 2.75) is 45.2 Å². The van der Waals surface area contributed by atoms with Gasteiger partial charge in [-0.25, -0.2) is 0 Å². The Kier molecular flexibility index (Phi) is 3.32. The van der Waals surface area contributed by atoms with E-state index in [-0.39, 0.29) is 6.04 Å². The highest BCUT2D eigenvalue weighted by molar-refractivity contribution is 6.31. The van der Waals surface area contributed by atoms with Gasteiger partial charge in [0.25, 0.3) is 0 Å². The van der Waals surface area contributed by atoms with Gasteiger partial charge >= 0.3 is 0 Å². The van der Waals surface area contributed by atoms with Crippen molar-refractivity contribution in [2.24, 2.45) is 11.7 Å². The molecule has 2 rings (SSSR count). The van der Waals surface area contributed by atoms with Crippen molar-refractivity contribution in [3.05, 3.63) is 16.9 Å². The van der Waals surface area contributed by atoms with Crippen LogP contribution in [-0.2, 0) is 6.54 Å². The minimum atomic E-state index is 0.0547. The molecule has 0 spiro atoms. The zero-order valence-electron chi connectivity index (χ0n) is 9.12. The maximum Gasteiger partial charge on any atom is 0.0834 e. The van der Waals surface area contributed by atoms with Gasteiger partial charge < -0.3 is 5.73 Å². The molecule has 1 heterocycles. The molecule has 15 heavy (non-hydrogen) atoms. The molecule has 0 radical (unpaired) electrons. The predicted octanol–water partition coefficient (Wildman–Crippen LogP) is 2.75. The van der Waals surface area contributed by atoms with Crippen molar-refractivity contribution in [2.75, 3.05) is 0 Å². The molecule has 0 aromatic carbocycles. The summed E-state index contributed by atoms with van der Waals surface area (Å²) in [7, 11) is 0. The first-order valence-corrected chi connectivity index (χ1v) is 6.07. The van der Waals surface area contributed by atoms with Gasteiger partial charge in [-0.2, -0.15) is 5.10 Å². The lowest BCUT2D eigenvalue weighted by Crippen LogP contribution is -2.17. The molecule has 2 N–H and O–H groups in total. The summed E-state index contributed by atoms with van der Waals surface area (Å²) in [5.74, 6) is 0.820. The van der Waals surface area contributed by atoms with Crippen LogP contribution in [0.4, 0.5) is 0 Å². The fourth-order valence-electron chi connectivity index (χ4n) is 1.95. The summed E-state index contributed by atoms with van der Waals surface area (Å²) < 4.78 is 1.95. The van der Waals surface area contributed by atoms with Crippen LogP contribution in [0.3, 0.4) is 0 Å². The lowest BCUT2D eigenvalue weighted by Gasteiger charge is -2.14. The molecule has 1 atom stereocenters. The quantitative estimate of drug-likeness (QED) is 0.841. The van der Waals surface area contributed by atoms with Crippen molar-refractivity contribution in [3.63, 3.8) is 0 Å². The summed E-state index contributed by atoms with van der Waals surface area (Å²) in [5.41, 5.74) is 7.19. The fourth-order valence-corrected chi connectivity index (χ4v) is 2.24. The Morgan fingerprint density at radius 3 is 3.00 bits per heavy atom. The first-order chi connectivity index (χ1) is 7.22. The topological polar surface area (TPSA) is 43.8 Å². The molecule has 1 aliphatic rings. The first kappa shape index (κ1) is 11.0. The molecule has 0 bridgehead atoms. The minimum absolute atomic E-state index is 0.0547. The molecule has 0 amide bonds. The molecule has 1 unspecified atom stereocenters. The number of halogens is 1. The normalized spacial score (nSPS) is 18.1. The Bertz CT molecular complexity index is 331. The molecular weight excluding hydrogens is 210 g/mol. The second kappa shape index (κ2) is 4.54. The minimum Gasteiger partial charge on any atom is -0.323 e. The van der Waals surface area contributed by atoms with Crippen LogP contribution in [0.2, 0.25) is 5.02 Å². The number of hydrogen-bond acceptors (Lipinski definition) is 2. The van der Waals surface area contributed by atoms with Crippen LogP contribution in [0.5, 0.6) is 0 Å². The number of aryl methyl sites for hydroxylation is 1. The van der Waals surface area contributed by atoms with E-state index in [9.17, 15) is 0 Å². The van der Waals surface area contributed by atoms with Crippen molar-refractivity contribution < 1.29 is 0 Å². The summed E-state index contributed by atoms with van der Waals surface area (Å²) in [4.78, 5) is 0. The van der Waals surface area contributed by atoms with Crippen LogP contribution in [0.15, 0.2) is 6.20 Å². The van der Waals surface area contributed by atoms with E-state index >= 15 is 0 Å². The lowest BCUT2D eigenvalue weighted by atomic mass is 10.1. The number of nitrogens with two attached hydrogens (primary N) is 1. The summed E-state index contributed by atoms with van der Waals surface area (Å²) >= 11 is 6.12. The second-order valence-electron chi connectivity index (χ2n) is 4.39. The van der Waals surface area contributed by atoms with Crippen LogP contribution >= 0.6 is 11.6 Å². The molecule has 1 aliphatic carbocycles. The van der Waals surface area contributed by atoms with Crippen LogP contribution in [0.25, 0.3) is 0 Å². The molecular formula is C11H18ClN3. The average Bonchev–Trinajstić information content (AvgIpc) is 2.91. The Morgan fingerprint density at radius 2 is 2.40 bits per heavy atom. The third-order valence-corrected chi connectivity index (χ3v) is 3.20. The predicted molar refractivity (Wildman–Crippen MR) is 61.8 cm³/mol. The molecule has 1 aromatic heterocycles. The summed E-state index contributed by atoms with van der Waals surface area (Å²) in [6.45, 7) is 3.03. The van der Waals surface area contributed by atoms with Crippen LogP contribution in [0, 0.1) is 5.92 Å². The molecule has 1 aromatic rings. The highest BCUT2D eigenvalue weighted by atomic mass is 35.5. The molecule has 1 fully saturated rings. The Balaban J connectivity index is 2.11. The van der Waals surface area contributed by atoms with Gasteiger partial charge in [0, 0.05) is 12.6 Å². The van der Waals surface area contributed by atoms with Gasteiger partial charge in [-0.1, -0.05) is 31.4 Å². The zero-order valence-corrected chi connectivity index (χ0v) is 9.87. The molecule has 3 nitrogen and oxygen atoms in total. The van der Waals surface area contributed by atoms with E-state index in [2.05, 4.69) is 12.0 Å². The van der Waals surface area contributed by atoms with Gasteiger partial charge in [-0.05, 0) is 18.8 Å². The van der Waals surface area contributed by atoms with E-state index < -0.39 is 0 Å². The fraction of sp³-hybridized carbons (Fsp3) is 0.727. The van der Waals surface area contributed by atoms with Crippen LogP contribution in [-0.4, -0.2) is 9.78 Å². The standard InChI is InChI=1S/C11H18ClN3/c1-2-5-15-11(9(12)7-14-15)10(13)6-8-3-4-8/h7-8,10H,2-6,13H2,1H3. The molecule has 1 saturated carbocycles. The van der Waals surface area contributed by atoms with Crippen molar-refractivity contribution in [3.8, 4) is 0 Å². The van der Waals surface area contributed by atoms with Crippen molar-refractivity contribution in [1.82, 2.24) is 9.78 Å². The van der Waals surface area contributed by atoms with Gasteiger partial charge in [0.1, 0.15) is 0 Å². The SMILES string of the molecule is CCCn1ncc(Cl)c1C(N)CC1CC1. The summed E-state index contributed by atoms with van der Waals surface area (Å²) in [6, 6.07) is 0.0547. The van der Waals surface area contributed by atoms with E-state index in [0.717, 1.165) is 36.0 Å². The average molecular weight is 228 g/mol. The monoisotopic (exact) mass is 227 g/mol. The smallest absolute Gasteiger partial charge is 0.0834 e. The molecule has 0 saturated heterocycles. The van der Waals surface area contributed by atoms with E-state index in [4.69, 9.17) is 17.3 Å². The van der Waals surface area contributed by atoms with E-state index in [0.29, 0.717) is 0 Å². The summed E-state index contributed by atoms with van der Waals surface area (Å²) in [5, 5.41) is 4.98. The Morgan fingerprint density at radius 1 is 1.67 bits per heavy atom. The maximum atomic E-state index is 6.17. The van der Waals surface area contributed by atoms with Gasteiger partial charge in [0.05, 0.1) is 16.9 Å². The van der Waals surface area contributed by atoms with Gasteiger partial charge in [0.2, 0.25) is 0 Å². The zero-order chi connectivity index (χ0) is 10.8. The highest BCUT2D eigenvalue weighted by Crippen LogP contribution is 2.38. The maximum absolute atomic E-state index is 6.17. The van der Waals surface area contributed by atoms with Gasteiger partial charge in [-0.3, -0.25) is 4.68 Å². The molecule has 84 valence electrons. The van der Waals surface area contributed by atoms with E-state index in [1.165, 1.54) is 12.8 Å². The number of hydrogen-bond donors (Lipinski definition) is 1. The molecule has 0 aliphatic heterocycles. The summed E-state index contributed by atoms with van der Waals surface area (Å²) in [6.07, 6.45) is 6.47. The second-order valence-corrected chi connectivity index (χ2v) is 4.79. The molecule has 4 heteroatoms. The van der Waals surface area contributed by atoms with Crippen molar-refractivity contribution in [1.29, 1.82) is 0 Å².